The molecule has 0 radical (unpaired) electrons. The van der Waals surface area contributed by atoms with Gasteiger partial charge in [-0.1, -0.05) is 35.0 Å². The Kier molecular flexibility index (Phi) is 6.16. The molecule has 2 aromatic carbocycles. The molecule has 152 valence electrons. The number of rotatable bonds is 7. The van der Waals surface area contributed by atoms with E-state index in [0.717, 1.165) is 17.7 Å². The first-order valence-corrected chi connectivity index (χ1v) is 8.66. The van der Waals surface area contributed by atoms with Crippen molar-refractivity contribution in [2.45, 2.75) is 26.1 Å². The normalized spacial score (nSPS) is 11.3. The second kappa shape index (κ2) is 8.76. The molecule has 0 saturated carbocycles. The summed E-state index contributed by atoms with van der Waals surface area (Å²) < 4.78 is 53.2. The van der Waals surface area contributed by atoms with Crippen LogP contribution in [0.5, 0.6) is 5.75 Å². The summed E-state index contributed by atoms with van der Waals surface area (Å²) in [4.78, 5) is 15.8. The topological polar surface area (TPSA) is 74.5 Å². The summed E-state index contributed by atoms with van der Waals surface area (Å²) in [6, 6.07) is 11.8. The van der Waals surface area contributed by atoms with E-state index >= 15 is 0 Å². The fourth-order valence-electron chi connectivity index (χ4n) is 2.34. The van der Waals surface area contributed by atoms with E-state index in [4.69, 9.17) is 14.0 Å². The number of aryl methyl sites for hydroxylation is 1. The van der Waals surface area contributed by atoms with Gasteiger partial charge >= 0.3 is 12.1 Å². The van der Waals surface area contributed by atoms with Gasteiger partial charge in [0, 0.05) is 5.56 Å². The molecule has 0 aliphatic rings. The number of nitrogens with zero attached hydrogens (tertiary/aromatic N) is 2. The van der Waals surface area contributed by atoms with Gasteiger partial charge in [-0.25, -0.2) is 0 Å². The van der Waals surface area contributed by atoms with Crippen molar-refractivity contribution in [3.05, 3.63) is 65.5 Å². The molecule has 0 N–H and O–H groups in total. The van der Waals surface area contributed by atoms with Gasteiger partial charge in [-0.15, -0.1) is 0 Å². The Hall–Kier alpha value is -3.36. The van der Waals surface area contributed by atoms with Gasteiger partial charge in [0.2, 0.25) is 5.82 Å². The molecule has 29 heavy (non-hydrogen) atoms. The van der Waals surface area contributed by atoms with E-state index in [2.05, 4.69) is 10.1 Å². The fourth-order valence-corrected chi connectivity index (χ4v) is 2.34. The van der Waals surface area contributed by atoms with Gasteiger partial charge in [-0.2, -0.15) is 18.2 Å². The Morgan fingerprint density at radius 1 is 1.07 bits per heavy atom. The summed E-state index contributed by atoms with van der Waals surface area (Å²) in [5.41, 5.74) is 0.685. The molecule has 0 aliphatic heterocycles. The lowest BCUT2D eigenvalue weighted by atomic mass is 10.1. The maximum atomic E-state index is 12.6. The number of aromatic nitrogens is 2. The number of carbonyl (C=O) groups excluding carboxylic acids is 1. The highest BCUT2D eigenvalue weighted by atomic mass is 19.4. The SMILES string of the molecule is Cc1ccc(OCCC(=O)OCc2nc(-c3ccc(C(F)(F)F)cc3)no2)cc1. The van der Waals surface area contributed by atoms with Gasteiger partial charge < -0.3 is 14.0 Å². The van der Waals surface area contributed by atoms with Crippen molar-refractivity contribution < 1.29 is 32.0 Å². The van der Waals surface area contributed by atoms with Crippen LogP contribution in [0.15, 0.2) is 53.1 Å². The molecule has 0 fully saturated rings. The minimum atomic E-state index is -4.42. The first-order chi connectivity index (χ1) is 13.8. The predicted octanol–water partition coefficient (Wildman–Crippen LogP) is 4.58. The van der Waals surface area contributed by atoms with Crippen LogP contribution in [-0.4, -0.2) is 22.7 Å². The second-order valence-electron chi connectivity index (χ2n) is 6.16. The van der Waals surface area contributed by atoms with Crippen LogP contribution in [0.3, 0.4) is 0 Å². The third-order valence-corrected chi connectivity index (χ3v) is 3.89. The molecule has 0 unspecified atom stereocenters. The summed E-state index contributed by atoms with van der Waals surface area (Å²) >= 11 is 0. The second-order valence-corrected chi connectivity index (χ2v) is 6.16. The standard InChI is InChI=1S/C20H17F3N2O4/c1-13-2-8-16(9-3-13)27-11-10-18(26)28-12-17-24-19(25-29-17)14-4-6-15(7-5-14)20(21,22)23/h2-9H,10-12H2,1H3. The Bertz CT molecular complexity index is 951. The van der Waals surface area contributed by atoms with E-state index in [9.17, 15) is 18.0 Å². The lowest BCUT2D eigenvalue weighted by molar-refractivity contribution is -0.146. The van der Waals surface area contributed by atoms with Crippen LogP contribution >= 0.6 is 0 Å². The highest BCUT2D eigenvalue weighted by Gasteiger charge is 2.30. The number of alkyl halides is 3. The van der Waals surface area contributed by atoms with Gasteiger partial charge in [0.25, 0.3) is 5.89 Å². The van der Waals surface area contributed by atoms with Crippen LogP contribution < -0.4 is 4.74 Å². The summed E-state index contributed by atoms with van der Waals surface area (Å²) in [5, 5.41) is 3.68. The fraction of sp³-hybridized carbons (Fsp3) is 0.250. The van der Waals surface area contributed by atoms with Crippen molar-refractivity contribution in [1.29, 1.82) is 0 Å². The number of hydrogen-bond acceptors (Lipinski definition) is 6. The van der Waals surface area contributed by atoms with Crippen LogP contribution in [0.1, 0.15) is 23.4 Å². The Morgan fingerprint density at radius 2 is 1.76 bits per heavy atom. The summed E-state index contributed by atoms with van der Waals surface area (Å²) in [7, 11) is 0. The zero-order valence-corrected chi connectivity index (χ0v) is 15.4. The molecular formula is C20H17F3N2O4. The zero-order chi connectivity index (χ0) is 20.9. The van der Waals surface area contributed by atoms with Gasteiger partial charge in [0.1, 0.15) is 5.75 Å². The summed E-state index contributed by atoms with van der Waals surface area (Å²) in [5.74, 6) is 0.285. The molecule has 6 nitrogen and oxygen atoms in total. The van der Waals surface area contributed by atoms with Gasteiger partial charge in [-0.3, -0.25) is 4.79 Å². The molecule has 0 amide bonds. The Balaban J connectivity index is 1.46. The molecule has 3 aromatic rings. The van der Waals surface area contributed by atoms with E-state index in [1.54, 1.807) is 0 Å². The molecular weight excluding hydrogens is 389 g/mol. The average Bonchev–Trinajstić information content (AvgIpc) is 3.16. The highest BCUT2D eigenvalue weighted by Crippen LogP contribution is 2.30. The molecule has 0 spiro atoms. The number of hydrogen-bond donors (Lipinski definition) is 0. The van der Waals surface area contributed by atoms with Gasteiger partial charge in [-0.05, 0) is 31.2 Å². The highest BCUT2D eigenvalue weighted by molar-refractivity contribution is 5.69. The first kappa shape index (κ1) is 20.4. The molecule has 0 aliphatic carbocycles. The van der Waals surface area contributed by atoms with E-state index in [-0.39, 0.29) is 31.3 Å². The molecule has 9 heteroatoms. The van der Waals surface area contributed by atoms with Crippen LogP contribution in [0, 0.1) is 6.92 Å². The molecule has 0 bridgehead atoms. The monoisotopic (exact) mass is 406 g/mol. The first-order valence-electron chi connectivity index (χ1n) is 8.66. The molecule has 1 aromatic heterocycles. The van der Waals surface area contributed by atoms with Crippen molar-refractivity contribution in [3.8, 4) is 17.1 Å². The summed E-state index contributed by atoms with van der Waals surface area (Å²) in [6.45, 7) is 1.88. The lowest BCUT2D eigenvalue weighted by Gasteiger charge is -2.06. The minimum Gasteiger partial charge on any atom is -0.493 e. The van der Waals surface area contributed by atoms with Crippen LogP contribution in [-0.2, 0) is 22.3 Å². The Labute approximate surface area is 164 Å². The zero-order valence-electron chi connectivity index (χ0n) is 15.4. The van der Waals surface area contributed by atoms with Crippen LogP contribution in [0.25, 0.3) is 11.4 Å². The number of esters is 1. The third-order valence-electron chi connectivity index (χ3n) is 3.89. The maximum absolute atomic E-state index is 12.6. The average molecular weight is 406 g/mol. The van der Waals surface area contributed by atoms with Crippen molar-refractivity contribution in [2.75, 3.05) is 6.61 Å². The van der Waals surface area contributed by atoms with Crippen LogP contribution in [0.2, 0.25) is 0 Å². The lowest BCUT2D eigenvalue weighted by Crippen LogP contribution is -2.10. The predicted molar refractivity (Wildman–Crippen MR) is 95.8 cm³/mol. The van der Waals surface area contributed by atoms with E-state index < -0.39 is 17.7 Å². The third kappa shape index (κ3) is 5.81. The maximum Gasteiger partial charge on any atom is 0.416 e. The largest absolute Gasteiger partial charge is 0.493 e. The van der Waals surface area contributed by atoms with Gasteiger partial charge in [0.05, 0.1) is 18.6 Å². The van der Waals surface area contributed by atoms with Crippen molar-refractivity contribution in [2.24, 2.45) is 0 Å². The van der Waals surface area contributed by atoms with Gasteiger partial charge in [0.15, 0.2) is 6.61 Å². The Morgan fingerprint density at radius 3 is 2.41 bits per heavy atom. The number of benzene rings is 2. The van der Waals surface area contributed by atoms with E-state index in [1.165, 1.54) is 12.1 Å². The molecule has 0 atom stereocenters. The van der Waals surface area contributed by atoms with E-state index in [0.29, 0.717) is 11.3 Å². The van der Waals surface area contributed by atoms with Crippen molar-refractivity contribution in [3.63, 3.8) is 0 Å². The molecule has 1 heterocycles. The minimum absolute atomic E-state index is 0.0349. The number of carbonyl (C=O) groups is 1. The number of halogens is 3. The molecule has 3 rings (SSSR count). The quantitative estimate of drug-likeness (QED) is 0.535. The smallest absolute Gasteiger partial charge is 0.416 e. The number of ether oxygens (including phenoxy) is 2. The van der Waals surface area contributed by atoms with Crippen molar-refractivity contribution in [1.82, 2.24) is 10.1 Å². The van der Waals surface area contributed by atoms with Crippen molar-refractivity contribution >= 4 is 5.97 Å². The summed E-state index contributed by atoms with van der Waals surface area (Å²) in [6.07, 6.45) is -4.38. The van der Waals surface area contributed by atoms with E-state index in [1.807, 2.05) is 31.2 Å². The van der Waals surface area contributed by atoms with Crippen LogP contribution in [0.4, 0.5) is 13.2 Å². The molecule has 0 saturated heterocycles.